The van der Waals surface area contributed by atoms with Crippen LogP contribution in [0.4, 0.5) is 0 Å². The Bertz CT molecular complexity index is 584. The molecule has 1 aromatic carbocycles. The zero-order chi connectivity index (χ0) is 13.8. The largest absolute Gasteiger partial charge is 0.351 e. The van der Waals surface area contributed by atoms with Crippen LogP contribution in [0.3, 0.4) is 0 Å². The molecule has 4 heteroatoms. The van der Waals surface area contributed by atoms with Gasteiger partial charge in [0.15, 0.2) is 5.17 Å². The molecule has 102 valence electrons. The highest BCUT2D eigenvalue weighted by Crippen LogP contribution is 2.30. The summed E-state index contributed by atoms with van der Waals surface area (Å²) in [7, 11) is 0. The van der Waals surface area contributed by atoms with Gasteiger partial charge in [-0.2, -0.15) is 4.99 Å². The molecular weight excluding hydrogens is 268 g/mol. The number of amides is 1. The van der Waals surface area contributed by atoms with E-state index in [0.717, 1.165) is 23.8 Å². The number of allylic oxidation sites excluding steroid dienone is 2. The molecule has 3 nitrogen and oxygen atoms in total. The Hall–Kier alpha value is -1.81. The van der Waals surface area contributed by atoms with Crippen molar-refractivity contribution in [2.45, 2.75) is 12.8 Å². The second-order valence-electron chi connectivity index (χ2n) is 4.80. The fourth-order valence-corrected chi connectivity index (χ4v) is 3.18. The van der Waals surface area contributed by atoms with Crippen molar-refractivity contribution in [2.75, 3.05) is 13.1 Å². The first-order valence-corrected chi connectivity index (χ1v) is 7.64. The van der Waals surface area contributed by atoms with E-state index >= 15 is 0 Å². The van der Waals surface area contributed by atoms with Crippen LogP contribution in [-0.4, -0.2) is 29.1 Å². The predicted molar refractivity (Wildman–Crippen MR) is 84.4 cm³/mol. The maximum atomic E-state index is 11.8. The molecule has 2 heterocycles. The average Bonchev–Trinajstić information content (AvgIpc) is 3.10. The zero-order valence-electron chi connectivity index (χ0n) is 11.2. The van der Waals surface area contributed by atoms with E-state index in [2.05, 4.69) is 9.89 Å². The number of benzene rings is 1. The molecule has 3 rings (SSSR count). The lowest BCUT2D eigenvalue weighted by Crippen LogP contribution is -2.23. The number of amidine groups is 1. The number of hydrogen-bond donors (Lipinski definition) is 0. The number of carbonyl (C=O) groups is 1. The van der Waals surface area contributed by atoms with Crippen molar-refractivity contribution in [3.63, 3.8) is 0 Å². The third-order valence-electron chi connectivity index (χ3n) is 3.32. The minimum absolute atomic E-state index is 0.116. The molecule has 0 radical (unpaired) electrons. The van der Waals surface area contributed by atoms with Crippen molar-refractivity contribution in [3.05, 3.63) is 53.0 Å². The molecule has 0 unspecified atom stereocenters. The van der Waals surface area contributed by atoms with Gasteiger partial charge in [-0.05, 0) is 36.2 Å². The Kier molecular flexibility index (Phi) is 4.02. The van der Waals surface area contributed by atoms with Gasteiger partial charge in [-0.25, -0.2) is 0 Å². The second kappa shape index (κ2) is 6.09. The van der Waals surface area contributed by atoms with Crippen molar-refractivity contribution in [1.29, 1.82) is 0 Å². The van der Waals surface area contributed by atoms with Crippen molar-refractivity contribution in [1.82, 2.24) is 4.90 Å². The van der Waals surface area contributed by atoms with E-state index in [0.29, 0.717) is 4.91 Å². The number of nitrogens with zero attached hydrogens (tertiary/aromatic N) is 2. The van der Waals surface area contributed by atoms with Crippen LogP contribution in [0.5, 0.6) is 0 Å². The van der Waals surface area contributed by atoms with E-state index in [1.165, 1.54) is 24.6 Å². The van der Waals surface area contributed by atoms with Crippen LogP contribution in [-0.2, 0) is 4.79 Å². The van der Waals surface area contributed by atoms with Crippen molar-refractivity contribution >= 4 is 28.9 Å². The number of carbonyl (C=O) groups excluding carboxylic acids is 1. The molecule has 1 saturated heterocycles. The summed E-state index contributed by atoms with van der Waals surface area (Å²) in [5.74, 6) is -0.116. The average molecular weight is 284 g/mol. The maximum absolute atomic E-state index is 11.8. The predicted octanol–water partition coefficient (Wildman–Crippen LogP) is 3.31. The fourth-order valence-electron chi connectivity index (χ4n) is 2.27. The molecule has 1 amide bonds. The molecule has 0 saturated carbocycles. The normalized spacial score (nSPS) is 21.2. The van der Waals surface area contributed by atoms with Gasteiger partial charge in [0.2, 0.25) is 0 Å². The van der Waals surface area contributed by atoms with E-state index in [1.54, 1.807) is 0 Å². The summed E-state index contributed by atoms with van der Waals surface area (Å²) in [4.78, 5) is 18.9. The monoisotopic (exact) mass is 284 g/mol. The molecule has 0 N–H and O–H groups in total. The highest BCUT2D eigenvalue weighted by Gasteiger charge is 2.26. The topological polar surface area (TPSA) is 32.7 Å². The second-order valence-corrected chi connectivity index (χ2v) is 5.81. The highest BCUT2D eigenvalue weighted by molar-refractivity contribution is 8.18. The standard InChI is InChI=1S/C16H16N2OS/c19-15-14(10-6-9-13-7-2-1-3-8-13)20-16(17-15)18-11-4-5-12-18/h1-3,6-10H,4-5,11-12H2. The number of aliphatic imine (C=N–C) groups is 1. The third kappa shape index (κ3) is 3.02. The van der Waals surface area contributed by atoms with Gasteiger partial charge in [-0.1, -0.05) is 42.5 Å². The summed E-state index contributed by atoms with van der Waals surface area (Å²) in [5, 5.41) is 0.867. The lowest BCUT2D eigenvalue weighted by Gasteiger charge is -2.14. The first-order valence-electron chi connectivity index (χ1n) is 6.82. The summed E-state index contributed by atoms with van der Waals surface area (Å²) in [5.41, 5.74) is 1.13. The van der Waals surface area contributed by atoms with Crippen molar-refractivity contribution in [3.8, 4) is 0 Å². The maximum Gasteiger partial charge on any atom is 0.286 e. The Labute approximate surface area is 123 Å². The Morgan fingerprint density at radius 2 is 1.90 bits per heavy atom. The van der Waals surface area contributed by atoms with Crippen LogP contribution in [0.25, 0.3) is 6.08 Å². The molecule has 0 spiro atoms. The summed E-state index contributed by atoms with van der Waals surface area (Å²) in [6.07, 6.45) is 8.15. The van der Waals surface area contributed by atoms with Crippen LogP contribution in [0.2, 0.25) is 0 Å². The van der Waals surface area contributed by atoms with Gasteiger partial charge in [0.25, 0.3) is 5.91 Å². The van der Waals surface area contributed by atoms with Gasteiger partial charge in [-0.3, -0.25) is 4.79 Å². The highest BCUT2D eigenvalue weighted by atomic mass is 32.2. The smallest absolute Gasteiger partial charge is 0.286 e. The van der Waals surface area contributed by atoms with Crippen molar-refractivity contribution in [2.24, 2.45) is 4.99 Å². The lowest BCUT2D eigenvalue weighted by molar-refractivity contribution is -0.113. The summed E-state index contributed by atoms with van der Waals surface area (Å²) >= 11 is 1.49. The van der Waals surface area contributed by atoms with Crippen molar-refractivity contribution < 1.29 is 4.79 Å². The molecule has 0 aliphatic carbocycles. The van der Waals surface area contributed by atoms with Crippen LogP contribution >= 0.6 is 11.8 Å². The van der Waals surface area contributed by atoms with Crippen LogP contribution in [0, 0.1) is 0 Å². The quantitative estimate of drug-likeness (QED) is 0.781. The minimum Gasteiger partial charge on any atom is -0.351 e. The number of thioether (sulfide) groups is 1. The number of hydrogen-bond acceptors (Lipinski definition) is 3. The molecule has 0 atom stereocenters. The molecule has 2 aliphatic heterocycles. The number of likely N-dealkylation sites (tertiary alicyclic amines) is 1. The lowest BCUT2D eigenvalue weighted by atomic mass is 10.2. The Morgan fingerprint density at radius 1 is 1.15 bits per heavy atom. The van der Waals surface area contributed by atoms with E-state index in [-0.39, 0.29) is 5.91 Å². The fraction of sp³-hybridized carbons (Fsp3) is 0.250. The minimum atomic E-state index is -0.116. The van der Waals surface area contributed by atoms with E-state index in [4.69, 9.17) is 0 Å². The SMILES string of the molecule is O=C1N=C(N2CCCC2)SC1=CC=Cc1ccccc1. The molecule has 2 aliphatic rings. The Morgan fingerprint density at radius 3 is 2.65 bits per heavy atom. The molecule has 1 fully saturated rings. The molecule has 20 heavy (non-hydrogen) atoms. The number of rotatable bonds is 2. The summed E-state index contributed by atoms with van der Waals surface area (Å²) < 4.78 is 0. The van der Waals surface area contributed by atoms with Crippen LogP contribution in [0.1, 0.15) is 18.4 Å². The Balaban J connectivity index is 1.65. The zero-order valence-corrected chi connectivity index (χ0v) is 12.0. The van der Waals surface area contributed by atoms with Crippen LogP contribution in [0.15, 0.2) is 52.4 Å². The van der Waals surface area contributed by atoms with Gasteiger partial charge >= 0.3 is 0 Å². The third-order valence-corrected chi connectivity index (χ3v) is 4.38. The summed E-state index contributed by atoms with van der Waals surface area (Å²) in [6, 6.07) is 10.0. The van der Waals surface area contributed by atoms with Gasteiger partial charge < -0.3 is 4.90 Å². The molecule has 0 bridgehead atoms. The molecule has 1 aromatic rings. The summed E-state index contributed by atoms with van der Waals surface area (Å²) in [6.45, 7) is 2.04. The van der Waals surface area contributed by atoms with Crippen LogP contribution < -0.4 is 0 Å². The van der Waals surface area contributed by atoms with Gasteiger partial charge in [0.05, 0.1) is 4.91 Å². The van der Waals surface area contributed by atoms with Gasteiger partial charge in [0.1, 0.15) is 0 Å². The first-order chi connectivity index (χ1) is 9.83. The van der Waals surface area contributed by atoms with E-state index < -0.39 is 0 Å². The van der Waals surface area contributed by atoms with Gasteiger partial charge in [0, 0.05) is 13.1 Å². The van der Waals surface area contributed by atoms with E-state index in [9.17, 15) is 4.79 Å². The molecule has 0 aromatic heterocycles. The van der Waals surface area contributed by atoms with Gasteiger partial charge in [-0.15, -0.1) is 0 Å². The van der Waals surface area contributed by atoms with E-state index in [1.807, 2.05) is 48.6 Å². The molecular formula is C16H16N2OS. The first kappa shape index (κ1) is 13.2.